The van der Waals surface area contributed by atoms with E-state index < -0.39 is 0 Å². The van der Waals surface area contributed by atoms with Crippen molar-refractivity contribution < 1.29 is 9.47 Å². The first kappa shape index (κ1) is 17.5. The Labute approximate surface area is 169 Å². The Hall–Kier alpha value is -3.60. The number of para-hydroxylation sites is 2. The SMILES string of the molecule is C1=C/c2n[nH]c3cnc(cc23)-c2ccccc2OCCCCOc2ccccc2/1. The molecule has 0 atom stereocenters. The zero-order chi connectivity index (χ0) is 19.5. The van der Waals surface area contributed by atoms with Gasteiger partial charge in [0.15, 0.2) is 0 Å². The summed E-state index contributed by atoms with van der Waals surface area (Å²) in [5.74, 6) is 1.72. The Bertz CT molecular complexity index is 1180. The van der Waals surface area contributed by atoms with Crippen molar-refractivity contribution in [1.82, 2.24) is 15.2 Å². The predicted octanol–water partition coefficient (Wildman–Crippen LogP) is 5.35. The van der Waals surface area contributed by atoms with Crippen molar-refractivity contribution in [3.63, 3.8) is 0 Å². The first-order valence-corrected chi connectivity index (χ1v) is 9.85. The minimum absolute atomic E-state index is 0.640. The number of hydrogen-bond donors (Lipinski definition) is 1. The van der Waals surface area contributed by atoms with Crippen molar-refractivity contribution in [2.45, 2.75) is 12.8 Å². The molecule has 5 heteroatoms. The number of aromatic amines is 1. The summed E-state index contributed by atoms with van der Waals surface area (Å²) in [5, 5.41) is 8.55. The van der Waals surface area contributed by atoms with Crippen LogP contribution in [0.4, 0.5) is 0 Å². The highest BCUT2D eigenvalue weighted by molar-refractivity contribution is 5.91. The Kier molecular flexibility index (Phi) is 4.70. The van der Waals surface area contributed by atoms with Gasteiger partial charge in [0.05, 0.1) is 36.3 Å². The van der Waals surface area contributed by atoms with Crippen LogP contribution in [0.2, 0.25) is 0 Å². The molecule has 1 N–H and O–H groups in total. The lowest BCUT2D eigenvalue weighted by Gasteiger charge is -2.12. The molecule has 2 bridgehead atoms. The van der Waals surface area contributed by atoms with E-state index in [2.05, 4.69) is 27.3 Å². The smallest absolute Gasteiger partial charge is 0.128 e. The average Bonchev–Trinajstić information content (AvgIpc) is 3.17. The number of ether oxygens (including phenoxy) is 2. The van der Waals surface area contributed by atoms with Gasteiger partial charge in [-0.1, -0.05) is 30.3 Å². The highest BCUT2D eigenvalue weighted by Gasteiger charge is 2.11. The fourth-order valence-electron chi connectivity index (χ4n) is 3.50. The first-order chi connectivity index (χ1) is 14.4. The zero-order valence-electron chi connectivity index (χ0n) is 16.0. The van der Waals surface area contributed by atoms with Gasteiger partial charge in [-0.3, -0.25) is 10.1 Å². The number of nitrogens with zero attached hydrogens (tertiary/aromatic N) is 2. The lowest BCUT2D eigenvalue weighted by atomic mass is 10.1. The van der Waals surface area contributed by atoms with Gasteiger partial charge in [-0.2, -0.15) is 5.10 Å². The quantitative estimate of drug-likeness (QED) is 0.445. The zero-order valence-corrected chi connectivity index (χ0v) is 16.0. The summed E-state index contributed by atoms with van der Waals surface area (Å²) in [6.45, 7) is 1.30. The number of hydrogen-bond acceptors (Lipinski definition) is 4. The second kappa shape index (κ2) is 7.80. The second-order valence-electron chi connectivity index (χ2n) is 7.00. The molecule has 1 aliphatic heterocycles. The minimum atomic E-state index is 0.640. The predicted molar refractivity (Wildman–Crippen MR) is 115 cm³/mol. The van der Waals surface area contributed by atoms with E-state index in [0.29, 0.717) is 13.2 Å². The lowest BCUT2D eigenvalue weighted by molar-refractivity contribution is 0.267. The van der Waals surface area contributed by atoms with Crippen LogP contribution in [0.15, 0.2) is 60.8 Å². The molecule has 5 nitrogen and oxygen atoms in total. The van der Waals surface area contributed by atoms with Gasteiger partial charge in [0.25, 0.3) is 0 Å². The Morgan fingerprint density at radius 3 is 2.48 bits per heavy atom. The topological polar surface area (TPSA) is 60.0 Å². The van der Waals surface area contributed by atoms with Crippen LogP contribution in [-0.2, 0) is 0 Å². The number of pyridine rings is 1. The van der Waals surface area contributed by atoms with Crippen LogP contribution in [0.25, 0.3) is 34.3 Å². The molecule has 2 aromatic carbocycles. The van der Waals surface area contributed by atoms with E-state index in [1.54, 1.807) is 0 Å². The lowest BCUT2D eigenvalue weighted by Crippen LogP contribution is -2.04. The Morgan fingerprint density at radius 1 is 0.828 bits per heavy atom. The number of rotatable bonds is 0. The highest BCUT2D eigenvalue weighted by atomic mass is 16.5. The first-order valence-electron chi connectivity index (χ1n) is 9.85. The second-order valence-corrected chi connectivity index (χ2v) is 7.00. The molecule has 0 saturated carbocycles. The summed E-state index contributed by atoms with van der Waals surface area (Å²) >= 11 is 0. The van der Waals surface area contributed by atoms with Crippen molar-refractivity contribution in [3.05, 3.63) is 72.1 Å². The fraction of sp³-hybridized carbons (Fsp3) is 0.167. The molecule has 0 saturated heterocycles. The third-order valence-corrected chi connectivity index (χ3v) is 5.03. The monoisotopic (exact) mass is 383 g/mol. The number of H-pyrrole nitrogens is 1. The number of aromatic nitrogens is 3. The van der Waals surface area contributed by atoms with Crippen LogP contribution in [-0.4, -0.2) is 28.4 Å². The summed E-state index contributed by atoms with van der Waals surface area (Å²) in [6, 6.07) is 18.2. The van der Waals surface area contributed by atoms with Crippen LogP contribution in [0.5, 0.6) is 11.5 Å². The van der Waals surface area contributed by atoms with Crippen LogP contribution in [0.3, 0.4) is 0 Å². The maximum Gasteiger partial charge on any atom is 0.128 e. The van der Waals surface area contributed by atoms with E-state index in [-0.39, 0.29) is 0 Å². The maximum atomic E-state index is 6.07. The number of nitrogens with one attached hydrogen (secondary N) is 1. The normalized spacial score (nSPS) is 15.2. The van der Waals surface area contributed by atoms with Crippen LogP contribution >= 0.6 is 0 Å². The van der Waals surface area contributed by atoms with Crippen molar-refractivity contribution in [2.75, 3.05) is 13.2 Å². The third-order valence-electron chi connectivity index (χ3n) is 5.03. The molecule has 0 spiro atoms. The largest absolute Gasteiger partial charge is 0.493 e. The molecule has 0 aliphatic carbocycles. The minimum Gasteiger partial charge on any atom is -0.493 e. The summed E-state index contributed by atoms with van der Waals surface area (Å²) in [6.07, 6.45) is 7.73. The average molecular weight is 383 g/mol. The van der Waals surface area contributed by atoms with E-state index in [9.17, 15) is 0 Å². The van der Waals surface area contributed by atoms with Gasteiger partial charge < -0.3 is 9.47 Å². The molecular formula is C24H21N3O2. The molecule has 0 fully saturated rings. The van der Waals surface area contributed by atoms with Gasteiger partial charge in [0, 0.05) is 16.5 Å². The molecular weight excluding hydrogens is 362 g/mol. The molecule has 144 valence electrons. The van der Waals surface area contributed by atoms with E-state index in [1.165, 1.54) is 0 Å². The molecule has 3 heterocycles. The fourth-order valence-corrected chi connectivity index (χ4v) is 3.50. The standard InChI is InChI=1S/C24H21N3O2/c1-3-9-23-17(7-1)11-12-20-19-15-21(25-16-22(19)27-26-20)18-8-2-4-10-24(18)29-14-6-5-13-28-23/h1-4,7-12,15-16H,5-6,13-14H2,(H,26,27)/b12-11+. The molecule has 5 rings (SSSR count). The van der Waals surface area contributed by atoms with Crippen LogP contribution in [0, 0.1) is 0 Å². The molecule has 29 heavy (non-hydrogen) atoms. The summed E-state index contributed by atoms with van der Waals surface area (Å²) < 4.78 is 12.1. The van der Waals surface area contributed by atoms with Crippen molar-refractivity contribution in [1.29, 1.82) is 0 Å². The van der Waals surface area contributed by atoms with E-state index in [4.69, 9.17) is 9.47 Å². The van der Waals surface area contributed by atoms with Crippen molar-refractivity contribution in [2.24, 2.45) is 0 Å². The molecule has 1 aliphatic rings. The highest BCUT2D eigenvalue weighted by Crippen LogP contribution is 2.31. The van der Waals surface area contributed by atoms with Crippen LogP contribution in [0.1, 0.15) is 24.1 Å². The van der Waals surface area contributed by atoms with Crippen LogP contribution < -0.4 is 9.47 Å². The molecule has 0 amide bonds. The van der Waals surface area contributed by atoms with E-state index >= 15 is 0 Å². The van der Waals surface area contributed by atoms with Gasteiger partial charge in [0.2, 0.25) is 0 Å². The van der Waals surface area contributed by atoms with Gasteiger partial charge in [-0.05, 0) is 49.3 Å². The Morgan fingerprint density at radius 2 is 1.59 bits per heavy atom. The van der Waals surface area contributed by atoms with E-state index in [1.807, 2.05) is 60.8 Å². The molecule has 0 unspecified atom stereocenters. The van der Waals surface area contributed by atoms with Gasteiger partial charge in [-0.15, -0.1) is 0 Å². The maximum absolute atomic E-state index is 6.07. The summed E-state index contributed by atoms with van der Waals surface area (Å²) in [5.41, 5.74) is 4.66. The third kappa shape index (κ3) is 3.59. The number of benzene rings is 2. The summed E-state index contributed by atoms with van der Waals surface area (Å²) in [4.78, 5) is 4.63. The summed E-state index contributed by atoms with van der Waals surface area (Å²) in [7, 11) is 0. The number of fused-ring (bicyclic) bond motifs is 4. The molecule has 4 aromatic rings. The Balaban J connectivity index is 1.63. The van der Waals surface area contributed by atoms with Gasteiger partial charge >= 0.3 is 0 Å². The van der Waals surface area contributed by atoms with Gasteiger partial charge in [-0.25, -0.2) is 0 Å². The molecule has 2 aromatic heterocycles. The van der Waals surface area contributed by atoms with Gasteiger partial charge in [0.1, 0.15) is 11.5 Å². The van der Waals surface area contributed by atoms with E-state index in [0.717, 1.165) is 57.8 Å². The van der Waals surface area contributed by atoms with Crippen molar-refractivity contribution in [3.8, 4) is 22.8 Å². The molecule has 0 radical (unpaired) electrons. The van der Waals surface area contributed by atoms with Crippen molar-refractivity contribution >= 4 is 23.1 Å².